The van der Waals surface area contributed by atoms with Crippen molar-refractivity contribution in [2.24, 2.45) is 16.6 Å². The lowest BCUT2D eigenvalue weighted by atomic mass is 9.96. The van der Waals surface area contributed by atoms with Crippen molar-refractivity contribution in [3.63, 3.8) is 0 Å². The lowest BCUT2D eigenvalue weighted by Crippen LogP contribution is -2.45. The molecule has 3 N–H and O–H groups in total. The molecule has 1 fully saturated rings. The Labute approximate surface area is 208 Å². The highest BCUT2D eigenvalue weighted by molar-refractivity contribution is 14.0. The highest BCUT2D eigenvalue weighted by Gasteiger charge is 2.25. The van der Waals surface area contributed by atoms with E-state index in [9.17, 15) is 9.59 Å². The number of aromatic nitrogens is 1. The second kappa shape index (κ2) is 14.1. The Bertz CT molecular complexity index is 762. The van der Waals surface area contributed by atoms with Gasteiger partial charge < -0.3 is 25.8 Å². The van der Waals surface area contributed by atoms with Gasteiger partial charge in [-0.2, -0.15) is 0 Å². The van der Waals surface area contributed by atoms with Gasteiger partial charge in [-0.3, -0.25) is 9.59 Å². The lowest BCUT2D eigenvalue weighted by Gasteiger charge is -2.32. The summed E-state index contributed by atoms with van der Waals surface area (Å²) in [6.07, 6.45) is 3.27. The number of primary amides is 1. The molecule has 1 saturated heterocycles. The fraction of sp³-hybridized carbons (Fsp3) is 0.636. The number of hydrogen-bond acceptors (Lipinski definition) is 5. The van der Waals surface area contributed by atoms with E-state index in [1.54, 1.807) is 6.20 Å². The minimum Gasteiger partial charge on any atom is -0.369 e. The Morgan fingerprint density at radius 2 is 1.91 bits per heavy atom. The molecule has 0 aromatic carbocycles. The summed E-state index contributed by atoms with van der Waals surface area (Å²) in [6, 6.07) is 3.93. The first kappa shape index (κ1) is 27.9. The van der Waals surface area contributed by atoms with Crippen molar-refractivity contribution in [3.05, 3.63) is 23.9 Å². The van der Waals surface area contributed by atoms with Crippen LogP contribution in [0.3, 0.4) is 0 Å². The van der Waals surface area contributed by atoms with Crippen LogP contribution in [0.15, 0.2) is 23.3 Å². The lowest BCUT2D eigenvalue weighted by molar-refractivity contribution is -0.131. The van der Waals surface area contributed by atoms with Gasteiger partial charge in [0.25, 0.3) is 0 Å². The Balaban J connectivity index is 0.00000512. The standard InChI is InChI=1S/C22H37N7O2.HI/c1-5-24-22(27(4)16-19(30)28(6-2)7-3)26-15-18-9-8-12-25-21(18)29-13-10-17(11-14-29)20(23)31;/h8-9,12,17H,5-7,10-11,13-16H2,1-4H3,(H2,23,31)(H,24,26);1H. The summed E-state index contributed by atoms with van der Waals surface area (Å²) < 4.78 is 0. The molecule has 10 heteroatoms. The predicted octanol–water partition coefficient (Wildman–Crippen LogP) is 1.67. The summed E-state index contributed by atoms with van der Waals surface area (Å²) in [6.45, 7) is 10.3. The van der Waals surface area contributed by atoms with Gasteiger partial charge in [0.1, 0.15) is 5.82 Å². The second-order valence-electron chi connectivity index (χ2n) is 7.74. The molecule has 32 heavy (non-hydrogen) atoms. The minimum atomic E-state index is -0.219. The summed E-state index contributed by atoms with van der Waals surface area (Å²) in [5.41, 5.74) is 6.47. The molecule has 0 aliphatic carbocycles. The quantitative estimate of drug-likeness (QED) is 0.271. The molecular formula is C22H38IN7O2. The van der Waals surface area contributed by atoms with E-state index in [0.29, 0.717) is 32.1 Å². The maximum Gasteiger partial charge on any atom is 0.242 e. The Morgan fingerprint density at radius 1 is 1.25 bits per heavy atom. The van der Waals surface area contributed by atoms with Crippen molar-refractivity contribution in [1.82, 2.24) is 20.1 Å². The van der Waals surface area contributed by atoms with E-state index >= 15 is 0 Å². The number of amides is 2. The van der Waals surface area contributed by atoms with Gasteiger partial charge in [0.2, 0.25) is 11.8 Å². The van der Waals surface area contributed by atoms with Crippen LogP contribution in [0.25, 0.3) is 0 Å². The largest absolute Gasteiger partial charge is 0.369 e. The molecule has 2 amide bonds. The van der Waals surface area contributed by atoms with Crippen LogP contribution in [-0.2, 0) is 16.1 Å². The van der Waals surface area contributed by atoms with E-state index in [1.165, 1.54) is 0 Å². The van der Waals surface area contributed by atoms with Gasteiger partial charge in [-0.1, -0.05) is 6.07 Å². The van der Waals surface area contributed by atoms with E-state index in [-0.39, 0.29) is 48.3 Å². The Hall–Kier alpha value is -2.11. The molecule has 9 nitrogen and oxygen atoms in total. The Kier molecular flexibility index (Phi) is 12.3. The van der Waals surface area contributed by atoms with Crippen LogP contribution < -0.4 is 16.0 Å². The van der Waals surface area contributed by atoms with Crippen LogP contribution in [0.2, 0.25) is 0 Å². The smallest absolute Gasteiger partial charge is 0.242 e. The number of carbonyl (C=O) groups is 2. The monoisotopic (exact) mass is 559 g/mol. The van der Waals surface area contributed by atoms with Gasteiger partial charge in [-0.25, -0.2) is 9.98 Å². The second-order valence-corrected chi connectivity index (χ2v) is 7.74. The number of aliphatic imine (C=N–C) groups is 1. The van der Waals surface area contributed by atoms with Crippen molar-refractivity contribution in [2.75, 3.05) is 51.2 Å². The summed E-state index contributed by atoms with van der Waals surface area (Å²) in [5.74, 6) is 1.39. The molecule has 180 valence electrons. The highest BCUT2D eigenvalue weighted by Crippen LogP contribution is 2.25. The number of nitrogens with one attached hydrogen (secondary N) is 1. The molecule has 0 saturated carbocycles. The zero-order valence-corrected chi connectivity index (χ0v) is 22.0. The molecule has 0 unspecified atom stereocenters. The van der Waals surface area contributed by atoms with Crippen LogP contribution in [-0.4, -0.2) is 78.9 Å². The molecule has 1 aromatic rings. The summed E-state index contributed by atoms with van der Waals surface area (Å²) in [7, 11) is 1.88. The minimum absolute atomic E-state index is 0. The predicted molar refractivity (Wildman–Crippen MR) is 139 cm³/mol. The first-order valence-corrected chi connectivity index (χ1v) is 11.2. The third kappa shape index (κ3) is 7.79. The SMILES string of the molecule is CCNC(=NCc1cccnc1N1CCC(C(N)=O)CC1)N(C)CC(=O)N(CC)CC.I. The summed E-state index contributed by atoms with van der Waals surface area (Å²) >= 11 is 0. The zero-order chi connectivity index (χ0) is 22.8. The van der Waals surface area contributed by atoms with Crippen molar-refractivity contribution in [1.29, 1.82) is 0 Å². The fourth-order valence-corrected chi connectivity index (χ4v) is 3.80. The van der Waals surface area contributed by atoms with Crippen LogP contribution in [0.4, 0.5) is 5.82 Å². The van der Waals surface area contributed by atoms with Gasteiger partial charge in [0, 0.05) is 57.4 Å². The number of anilines is 1. The maximum atomic E-state index is 12.5. The van der Waals surface area contributed by atoms with Crippen molar-refractivity contribution < 1.29 is 9.59 Å². The van der Waals surface area contributed by atoms with E-state index < -0.39 is 0 Å². The number of halogens is 1. The average molecular weight is 559 g/mol. The fourth-order valence-electron chi connectivity index (χ4n) is 3.80. The first-order chi connectivity index (χ1) is 14.9. The van der Waals surface area contributed by atoms with Crippen molar-refractivity contribution in [2.45, 2.75) is 40.2 Å². The molecule has 0 bridgehead atoms. The maximum absolute atomic E-state index is 12.5. The number of nitrogens with zero attached hydrogens (tertiary/aromatic N) is 5. The van der Waals surface area contributed by atoms with E-state index in [0.717, 1.165) is 37.3 Å². The number of likely N-dealkylation sites (N-methyl/N-ethyl adjacent to an activating group) is 2. The topological polar surface area (TPSA) is 107 Å². The van der Waals surface area contributed by atoms with Crippen LogP contribution in [0.1, 0.15) is 39.2 Å². The number of nitrogens with two attached hydrogens (primary N) is 1. The van der Waals surface area contributed by atoms with Crippen molar-refractivity contribution >= 4 is 47.6 Å². The number of carbonyl (C=O) groups excluding carboxylic acids is 2. The van der Waals surface area contributed by atoms with Gasteiger partial charge in [-0.15, -0.1) is 24.0 Å². The van der Waals surface area contributed by atoms with Crippen LogP contribution in [0, 0.1) is 5.92 Å². The third-order valence-electron chi connectivity index (χ3n) is 5.65. The molecule has 1 aliphatic heterocycles. The number of guanidine groups is 1. The first-order valence-electron chi connectivity index (χ1n) is 11.2. The van der Waals surface area contributed by atoms with E-state index in [2.05, 4.69) is 15.2 Å². The normalized spacial score (nSPS) is 14.5. The van der Waals surface area contributed by atoms with Gasteiger partial charge in [-0.05, 0) is 39.7 Å². The van der Waals surface area contributed by atoms with Gasteiger partial charge in [0.15, 0.2) is 5.96 Å². The number of piperidine rings is 1. The molecule has 0 radical (unpaired) electrons. The van der Waals surface area contributed by atoms with Crippen LogP contribution >= 0.6 is 24.0 Å². The van der Waals surface area contributed by atoms with E-state index in [4.69, 9.17) is 10.7 Å². The average Bonchev–Trinajstić information content (AvgIpc) is 2.77. The molecule has 1 aromatic heterocycles. The van der Waals surface area contributed by atoms with Crippen molar-refractivity contribution in [3.8, 4) is 0 Å². The molecule has 0 spiro atoms. The number of hydrogen-bond donors (Lipinski definition) is 2. The Morgan fingerprint density at radius 3 is 2.47 bits per heavy atom. The molecule has 0 atom stereocenters. The number of pyridine rings is 1. The van der Waals surface area contributed by atoms with E-state index in [1.807, 2.05) is 49.8 Å². The van der Waals surface area contributed by atoms with Gasteiger partial charge in [0.05, 0.1) is 13.1 Å². The summed E-state index contributed by atoms with van der Waals surface area (Å²) in [5, 5.41) is 3.27. The van der Waals surface area contributed by atoms with Crippen LogP contribution in [0.5, 0.6) is 0 Å². The highest BCUT2D eigenvalue weighted by atomic mass is 127. The molecule has 2 rings (SSSR count). The molecular weight excluding hydrogens is 521 g/mol. The summed E-state index contributed by atoms with van der Waals surface area (Å²) in [4.78, 5) is 39.2. The zero-order valence-electron chi connectivity index (χ0n) is 19.7. The molecule has 1 aliphatic rings. The number of rotatable bonds is 9. The third-order valence-corrected chi connectivity index (χ3v) is 5.65. The van der Waals surface area contributed by atoms with Gasteiger partial charge >= 0.3 is 0 Å². The molecule has 2 heterocycles.